The zero-order valence-electron chi connectivity index (χ0n) is 43.2. The molecule has 0 saturated heterocycles. The SMILES string of the molecule is CC(CCCC(CCO)c1ccccc1)CCCC(CCCCO)c1ccccc1.CC(O)COCCCCC(CCCC(C)CCCC(CCOCC(C)O)c1ccccc1)c1ccccc1. The third-order valence-corrected chi connectivity index (χ3v) is 13.9. The molecule has 4 aromatic rings. The van der Waals surface area contributed by atoms with E-state index in [0.717, 1.165) is 57.0 Å². The minimum absolute atomic E-state index is 0.270. The van der Waals surface area contributed by atoms with E-state index in [1.807, 2.05) is 0 Å². The van der Waals surface area contributed by atoms with Gasteiger partial charge in [-0.2, -0.15) is 0 Å². The lowest BCUT2D eigenvalue weighted by molar-refractivity contribution is 0.0428. The topological polar surface area (TPSA) is 99.4 Å². The highest BCUT2D eigenvalue weighted by molar-refractivity contribution is 5.22. The number of hydrogen-bond acceptors (Lipinski definition) is 6. The normalized spacial score (nSPS) is 15.1. The molecule has 6 heteroatoms. The van der Waals surface area contributed by atoms with Crippen LogP contribution < -0.4 is 0 Å². The number of aliphatic hydroxyl groups is 4. The molecule has 4 rings (SSSR count). The van der Waals surface area contributed by atoms with Gasteiger partial charge in [0.2, 0.25) is 0 Å². The van der Waals surface area contributed by atoms with Gasteiger partial charge >= 0.3 is 0 Å². The van der Waals surface area contributed by atoms with Crippen LogP contribution in [0.25, 0.3) is 0 Å². The number of benzene rings is 4. The number of rotatable bonds is 38. The Morgan fingerprint density at radius 2 is 0.632 bits per heavy atom. The smallest absolute Gasteiger partial charge is 0.0745 e. The molecule has 0 aliphatic carbocycles. The van der Waals surface area contributed by atoms with Gasteiger partial charge in [0, 0.05) is 26.4 Å². The Bertz CT molecular complexity index is 1690. The summed E-state index contributed by atoms with van der Waals surface area (Å²) < 4.78 is 11.2. The van der Waals surface area contributed by atoms with Crippen molar-refractivity contribution in [1.29, 1.82) is 0 Å². The molecule has 380 valence electrons. The minimum atomic E-state index is -0.401. The van der Waals surface area contributed by atoms with Crippen molar-refractivity contribution in [2.75, 3.05) is 39.6 Å². The molecule has 6 nitrogen and oxygen atoms in total. The number of hydrogen-bond donors (Lipinski definition) is 4. The number of ether oxygens (including phenoxy) is 2. The molecule has 0 aliphatic heterocycles. The fourth-order valence-electron chi connectivity index (χ4n) is 9.94. The molecule has 8 atom stereocenters. The fourth-order valence-corrected chi connectivity index (χ4v) is 9.94. The molecule has 0 saturated carbocycles. The lowest BCUT2D eigenvalue weighted by Gasteiger charge is -2.20. The van der Waals surface area contributed by atoms with Crippen molar-refractivity contribution in [3.63, 3.8) is 0 Å². The van der Waals surface area contributed by atoms with Crippen molar-refractivity contribution in [3.05, 3.63) is 144 Å². The van der Waals surface area contributed by atoms with Crippen molar-refractivity contribution in [3.8, 4) is 0 Å². The van der Waals surface area contributed by atoms with Crippen LogP contribution in [0.2, 0.25) is 0 Å². The summed E-state index contributed by atoms with van der Waals surface area (Å²) in [6.07, 6.45) is 22.7. The van der Waals surface area contributed by atoms with E-state index in [0.29, 0.717) is 50.1 Å². The second-order valence-electron chi connectivity index (χ2n) is 20.2. The second-order valence-corrected chi connectivity index (χ2v) is 20.2. The van der Waals surface area contributed by atoms with E-state index in [9.17, 15) is 15.3 Å². The van der Waals surface area contributed by atoms with Gasteiger partial charge in [-0.15, -0.1) is 0 Å². The highest BCUT2D eigenvalue weighted by Crippen LogP contribution is 2.33. The maximum Gasteiger partial charge on any atom is 0.0745 e. The van der Waals surface area contributed by atoms with E-state index in [1.54, 1.807) is 13.8 Å². The van der Waals surface area contributed by atoms with E-state index >= 15 is 0 Å². The van der Waals surface area contributed by atoms with E-state index < -0.39 is 6.10 Å². The Labute approximate surface area is 415 Å². The summed E-state index contributed by atoms with van der Waals surface area (Å²) in [5.41, 5.74) is 5.70. The standard InChI is InChI=1S/C34H54O4.C28H42O2/c1-28(15-13-22-34(23-25-38-27-30(3)36)32-18-8-5-9-19-32)14-12-21-33(31-16-6-4-7-17-31)20-10-11-24-37-26-29(2)35;1-24(13-11-20-28(21-23-30)26-16-6-3-7-17-26)12-10-19-27(18-8-9-22-29)25-14-4-2-5-15-25/h4-9,16-19,28-30,33-36H,10-15,20-27H2,1-3H3;2-7,14-17,24,27-30H,8-13,18-23H2,1H3. The predicted octanol–water partition coefficient (Wildman–Crippen LogP) is 15.0. The summed E-state index contributed by atoms with van der Waals surface area (Å²) in [5.74, 6) is 3.73. The van der Waals surface area contributed by atoms with Gasteiger partial charge in [-0.05, 0) is 136 Å². The van der Waals surface area contributed by atoms with Crippen LogP contribution >= 0.6 is 0 Å². The first-order chi connectivity index (χ1) is 33.2. The van der Waals surface area contributed by atoms with Crippen LogP contribution in [-0.4, -0.2) is 72.3 Å². The first kappa shape index (κ1) is 59.0. The van der Waals surface area contributed by atoms with Gasteiger partial charge in [0.15, 0.2) is 0 Å². The summed E-state index contributed by atoms with van der Waals surface area (Å²) in [5, 5.41) is 37.3. The fraction of sp³-hybridized carbons (Fsp3) is 0.613. The molecule has 68 heavy (non-hydrogen) atoms. The van der Waals surface area contributed by atoms with E-state index in [4.69, 9.17) is 14.6 Å². The lowest BCUT2D eigenvalue weighted by atomic mass is 9.86. The highest BCUT2D eigenvalue weighted by Gasteiger charge is 2.17. The van der Waals surface area contributed by atoms with Crippen LogP contribution in [0.15, 0.2) is 121 Å². The average molecular weight is 937 g/mol. The molecule has 0 heterocycles. The van der Waals surface area contributed by atoms with Crippen LogP contribution in [0.1, 0.15) is 202 Å². The monoisotopic (exact) mass is 937 g/mol. The minimum Gasteiger partial charge on any atom is -0.396 e. The van der Waals surface area contributed by atoms with E-state index in [-0.39, 0.29) is 12.7 Å². The van der Waals surface area contributed by atoms with E-state index in [2.05, 4.69) is 135 Å². The van der Waals surface area contributed by atoms with Gasteiger partial charge in [-0.3, -0.25) is 0 Å². The van der Waals surface area contributed by atoms with Crippen molar-refractivity contribution in [2.24, 2.45) is 11.8 Å². The van der Waals surface area contributed by atoms with Crippen LogP contribution in [0.5, 0.6) is 0 Å². The molecule has 4 aromatic carbocycles. The van der Waals surface area contributed by atoms with Crippen LogP contribution in [-0.2, 0) is 9.47 Å². The Hall–Kier alpha value is -3.36. The quantitative estimate of drug-likeness (QED) is 0.0334. The maximum absolute atomic E-state index is 9.46. The molecule has 0 spiro atoms. The van der Waals surface area contributed by atoms with Gasteiger partial charge in [0.25, 0.3) is 0 Å². The molecule has 0 amide bonds. The zero-order chi connectivity index (χ0) is 48.9. The summed E-state index contributed by atoms with van der Waals surface area (Å²) >= 11 is 0. The van der Waals surface area contributed by atoms with Crippen molar-refractivity contribution in [2.45, 2.75) is 192 Å². The van der Waals surface area contributed by atoms with Crippen LogP contribution in [0, 0.1) is 11.8 Å². The number of unbranched alkanes of at least 4 members (excludes halogenated alkanes) is 2. The first-order valence-electron chi connectivity index (χ1n) is 27.1. The molecule has 0 radical (unpaired) electrons. The van der Waals surface area contributed by atoms with Gasteiger partial charge in [-0.1, -0.05) is 199 Å². The zero-order valence-corrected chi connectivity index (χ0v) is 43.2. The third kappa shape index (κ3) is 27.7. The molecule has 0 fully saturated rings. The van der Waals surface area contributed by atoms with Crippen LogP contribution in [0.4, 0.5) is 0 Å². The largest absolute Gasteiger partial charge is 0.396 e. The molecule has 8 unspecified atom stereocenters. The third-order valence-electron chi connectivity index (χ3n) is 13.9. The molecule has 0 aliphatic rings. The number of aliphatic hydroxyl groups excluding tert-OH is 4. The van der Waals surface area contributed by atoms with Crippen molar-refractivity contribution < 1.29 is 29.9 Å². The molecular weight excluding hydrogens is 841 g/mol. The van der Waals surface area contributed by atoms with Crippen LogP contribution in [0.3, 0.4) is 0 Å². The van der Waals surface area contributed by atoms with Gasteiger partial charge in [0.1, 0.15) is 0 Å². The Balaban J connectivity index is 0.000000370. The first-order valence-corrected chi connectivity index (χ1v) is 27.1. The molecule has 4 N–H and O–H groups in total. The van der Waals surface area contributed by atoms with Gasteiger partial charge in [-0.25, -0.2) is 0 Å². The van der Waals surface area contributed by atoms with Gasteiger partial charge < -0.3 is 29.9 Å². The summed E-state index contributed by atoms with van der Waals surface area (Å²) in [7, 11) is 0. The maximum atomic E-state index is 9.46. The lowest BCUT2D eigenvalue weighted by Crippen LogP contribution is -2.13. The highest BCUT2D eigenvalue weighted by atomic mass is 16.5. The summed E-state index contributed by atoms with van der Waals surface area (Å²) in [6, 6.07) is 43.4. The molecular formula is C62H96O6. The van der Waals surface area contributed by atoms with E-state index in [1.165, 1.54) is 112 Å². The molecule has 0 bridgehead atoms. The van der Waals surface area contributed by atoms with Crippen molar-refractivity contribution in [1.82, 2.24) is 0 Å². The molecule has 0 aromatic heterocycles. The summed E-state index contributed by atoms with van der Waals surface area (Å²) in [4.78, 5) is 0. The Morgan fingerprint density at radius 3 is 0.971 bits per heavy atom. The Morgan fingerprint density at radius 1 is 0.324 bits per heavy atom. The average Bonchev–Trinajstić information content (AvgIpc) is 3.35. The predicted molar refractivity (Wildman–Crippen MR) is 287 cm³/mol. The van der Waals surface area contributed by atoms with Crippen molar-refractivity contribution >= 4 is 0 Å². The summed E-state index contributed by atoms with van der Waals surface area (Å²) in [6.45, 7) is 11.2. The Kier molecular flexibility index (Phi) is 33.3. The van der Waals surface area contributed by atoms with Gasteiger partial charge in [0.05, 0.1) is 25.4 Å². The second kappa shape index (κ2) is 38.4.